The van der Waals surface area contributed by atoms with Gasteiger partial charge in [0.2, 0.25) is 0 Å². The van der Waals surface area contributed by atoms with E-state index >= 15 is 0 Å². The highest BCUT2D eigenvalue weighted by atomic mass is 16.1. The standard InChI is InChI=1S/C18H19NO/c20-14-15-4-6-16(7-5-15)17-8-10-18(11-9-17)19-12-2-1-3-13-19/h4-11,14H,1-3,12-13H2. The second kappa shape index (κ2) is 5.91. The largest absolute Gasteiger partial charge is 0.372 e. The second-order valence-corrected chi connectivity index (χ2v) is 5.33. The first kappa shape index (κ1) is 12.9. The van der Waals surface area contributed by atoms with Gasteiger partial charge in [-0.25, -0.2) is 0 Å². The molecule has 0 saturated carbocycles. The van der Waals surface area contributed by atoms with Gasteiger partial charge in [0.05, 0.1) is 0 Å². The van der Waals surface area contributed by atoms with Crippen molar-refractivity contribution in [3.8, 4) is 11.1 Å². The molecule has 0 atom stereocenters. The van der Waals surface area contributed by atoms with Gasteiger partial charge >= 0.3 is 0 Å². The van der Waals surface area contributed by atoms with Crippen LogP contribution >= 0.6 is 0 Å². The summed E-state index contributed by atoms with van der Waals surface area (Å²) >= 11 is 0. The highest BCUT2D eigenvalue weighted by Gasteiger charge is 2.10. The molecule has 1 fully saturated rings. The zero-order chi connectivity index (χ0) is 13.8. The summed E-state index contributed by atoms with van der Waals surface area (Å²) < 4.78 is 0. The zero-order valence-electron chi connectivity index (χ0n) is 11.6. The van der Waals surface area contributed by atoms with Gasteiger partial charge in [-0.1, -0.05) is 36.4 Å². The molecule has 0 aliphatic carbocycles. The van der Waals surface area contributed by atoms with Crippen molar-refractivity contribution in [1.29, 1.82) is 0 Å². The summed E-state index contributed by atoms with van der Waals surface area (Å²) in [6.45, 7) is 2.35. The highest BCUT2D eigenvalue weighted by molar-refractivity contribution is 5.77. The van der Waals surface area contributed by atoms with Gasteiger partial charge in [-0.2, -0.15) is 0 Å². The third-order valence-electron chi connectivity index (χ3n) is 3.97. The van der Waals surface area contributed by atoms with Crippen LogP contribution in [0.3, 0.4) is 0 Å². The molecule has 2 nitrogen and oxygen atoms in total. The van der Waals surface area contributed by atoms with Crippen molar-refractivity contribution in [2.45, 2.75) is 19.3 Å². The van der Waals surface area contributed by atoms with Crippen molar-refractivity contribution < 1.29 is 4.79 Å². The smallest absolute Gasteiger partial charge is 0.150 e. The van der Waals surface area contributed by atoms with Crippen LogP contribution in [0.15, 0.2) is 48.5 Å². The van der Waals surface area contributed by atoms with Crippen molar-refractivity contribution in [3.63, 3.8) is 0 Å². The van der Waals surface area contributed by atoms with E-state index in [4.69, 9.17) is 0 Å². The van der Waals surface area contributed by atoms with Crippen LogP contribution in [0.25, 0.3) is 11.1 Å². The Bertz CT molecular complexity index is 565. The molecule has 1 aliphatic heterocycles. The fourth-order valence-electron chi connectivity index (χ4n) is 2.77. The van der Waals surface area contributed by atoms with Gasteiger partial charge in [0.25, 0.3) is 0 Å². The van der Waals surface area contributed by atoms with Gasteiger partial charge in [0.1, 0.15) is 6.29 Å². The Kier molecular flexibility index (Phi) is 3.82. The van der Waals surface area contributed by atoms with E-state index in [2.05, 4.69) is 29.2 Å². The summed E-state index contributed by atoms with van der Waals surface area (Å²) in [5.74, 6) is 0. The molecule has 1 saturated heterocycles. The van der Waals surface area contributed by atoms with E-state index in [9.17, 15) is 4.79 Å². The van der Waals surface area contributed by atoms with Crippen molar-refractivity contribution in [3.05, 3.63) is 54.1 Å². The third kappa shape index (κ3) is 2.74. The van der Waals surface area contributed by atoms with E-state index in [0.29, 0.717) is 0 Å². The summed E-state index contributed by atoms with van der Waals surface area (Å²) in [6, 6.07) is 16.5. The number of nitrogens with zero attached hydrogens (tertiary/aromatic N) is 1. The van der Waals surface area contributed by atoms with Crippen molar-refractivity contribution in [2.75, 3.05) is 18.0 Å². The van der Waals surface area contributed by atoms with Gasteiger partial charge < -0.3 is 4.90 Å². The Morgan fingerprint density at radius 2 is 1.30 bits per heavy atom. The van der Waals surface area contributed by atoms with Gasteiger partial charge in [-0.05, 0) is 42.5 Å². The van der Waals surface area contributed by atoms with Crippen LogP contribution in [0.4, 0.5) is 5.69 Å². The van der Waals surface area contributed by atoms with Crippen LogP contribution in [0.5, 0.6) is 0 Å². The summed E-state index contributed by atoms with van der Waals surface area (Å²) in [4.78, 5) is 13.1. The molecule has 0 spiro atoms. The monoisotopic (exact) mass is 265 g/mol. The molecule has 0 N–H and O–H groups in total. The quantitative estimate of drug-likeness (QED) is 0.777. The molecule has 2 aromatic rings. The first-order chi connectivity index (χ1) is 9.86. The summed E-state index contributed by atoms with van der Waals surface area (Å²) in [7, 11) is 0. The van der Waals surface area contributed by atoms with Crippen molar-refractivity contribution in [2.24, 2.45) is 0 Å². The number of aldehydes is 1. The number of anilines is 1. The van der Waals surface area contributed by atoms with Crippen molar-refractivity contribution in [1.82, 2.24) is 0 Å². The molecule has 102 valence electrons. The number of rotatable bonds is 3. The summed E-state index contributed by atoms with van der Waals surface area (Å²) in [5, 5.41) is 0. The molecule has 1 heterocycles. The third-order valence-corrected chi connectivity index (χ3v) is 3.97. The summed E-state index contributed by atoms with van der Waals surface area (Å²) in [6.07, 6.45) is 4.84. The minimum Gasteiger partial charge on any atom is -0.372 e. The number of piperidine rings is 1. The highest BCUT2D eigenvalue weighted by Crippen LogP contribution is 2.25. The fourth-order valence-corrected chi connectivity index (χ4v) is 2.77. The lowest BCUT2D eigenvalue weighted by atomic mass is 10.0. The van der Waals surface area contributed by atoms with E-state index in [-0.39, 0.29) is 0 Å². The topological polar surface area (TPSA) is 20.3 Å². The molecule has 2 heteroatoms. The van der Waals surface area contributed by atoms with E-state index in [1.165, 1.54) is 43.6 Å². The molecule has 1 aliphatic rings. The Hall–Kier alpha value is -2.09. The molecule has 20 heavy (non-hydrogen) atoms. The average molecular weight is 265 g/mol. The molecular formula is C18H19NO. The molecule has 3 rings (SSSR count). The molecule has 0 amide bonds. The molecular weight excluding hydrogens is 246 g/mol. The molecule has 0 bridgehead atoms. The van der Waals surface area contributed by atoms with Crippen LogP contribution in [0, 0.1) is 0 Å². The average Bonchev–Trinajstić information content (AvgIpc) is 2.56. The first-order valence-corrected chi connectivity index (χ1v) is 7.27. The van der Waals surface area contributed by atoms with Crippen LogP contribution in [0.2, 0.25) is 0 Å². The molecule has 0 aromatic heterocycles. The number of hydrogen-bond donors (Lipinski definition) is 0. The predicted molar refractivity (Wildman–Crippen MR) is 83.3 cm³/mol. The molecule has 0 radical (unpaired) electrons. The maximum absolute atomic E-state index is 10.7. The predicted octanol–water partition coefficient (Wildman–Crippen LogP) is 4.16. The lowest BCUT2D eigenvalue weighted by Crippen LogP contribution is -2.29. The van der Waals surface area contributed by atoms with Crippen LogP contribution in [0.1, 0.15) is 29.6 Å². The number of hydrogen-bond acceptors (Lipinski definition) is 2. The van der Waals surface area contributed by atoms with E-state index in [1.807, 2.05) is 24.3 Å². The second-order valence-electron chi connectivity index (χ2n) is 5.33. The van der Waals surface area contributed by atoms with E-state index in [0.717, 1.165) is 17.4 Å². The van der Waals surface area contributed by atoms with Crippen LogP contribution in [-0.4, -0.2) is 19.4 Å². The number of carbonyl (C=O) groups is 1. The lowest BCUT2D eigenvalue weighted by Gasteiger charge is -2.28. The Labute approximate surface area is 120 Å². The van der Waals surface area contributed by atoms with Crippen LogP contribution in [-0.2, 0) is 0 Å². The number of carbonyl (C=O) groups excluding carboxylic acids is 1. The maximum Gasteiger partial charge on any atom is 0.150 e. The Morgan fingerprint density at radius 1 is 0.750 bits per heavy atom. The zero-order valence-corrected chi connectivity index (χ0v) is 11.6. The van der Waals surface area contributed by atoms with Crippen LogP contribution < -0.4 is 4.90 Å². The Balaban J connectivity index is 1.79. The van der Waals surface area contributed by atoms with Gasteiger partial charge in [0, 0.05) is 24.3 Å². The maximum atomic E-state index is 10.7. The molecule has 0 unspecified atom stereocenters. The molecule has 2 aromatic carbocycles. The minimum absolute atomic E-state index is 0.721. The van der Waals surface area contributed by atoms with Gasteiger partial charge in [-0.15, -0.1) is 0 Å². The Morgan fingerprint density at radius 3 is 1.85 bits per heavy atom. The van der Waals surface area contributed by atoms with Gasteiger partial charge in [0.15, 0.2) is 0 Å². The van der Waals surface area contributed by atoms with Crippen molar-refractivity contribution >= 4 is 12.0 Å². The lowest BCUT2D eigenvalue weighted by molar-refractivity contribution is 0.112. The van der Waals surface area contributed by atoms with E-state index in [1.54, 1.807) is 0 Å². The van der Waals surface area contributed by atoms with Gasteiger partial charge in [-0.3, -0.25) is 4.79 Å². The minimum atomic E-state index is 0.721. The van der Waals surface area contributed by atoms with E-state index < -0.39 is 0 Å². The first-order valence-electron chi connectivity index (χ1n) is 7.27. The normalized spacial score (nSPS) is 15.1. The SMILES string of the molecule is O=Cc1ccc(-c2ccc(N3CCCCC3)cc2)cc1. The summed E-state index contributed by atoms with van der Waals surface area (Å²) in [5.41, 5.74) is 4.39. The fraction of sp³-hybridized carbons (Fsp3) is 0.278. The number of benzene rings is 2.